The molecule has 1 spiro atoms. The molecule has 1 aromatic carbocycles. The molecule has 1 amide bonds. The van der Waals surface area contributed by atoms with Crippen molar-refractivity contribution in [3.63, 3.8) is 0 Å². The number of aromatic amines is 1. The fourth-order valence-corrected chi connectivity index (χ4v) is 4.70. The standard InChI is InChI=1S/C20H24N4O/c1-12(2)13-5-3-8-16-18(13)20(10-21-11-20)19(25)24(16)9-17-22-14-6-4-7-15(14)23-17/h3,5,8,12,21H,4,6-7,9-11H2,1-2H3,(H,22,23). The number of hydrogen-bond acceptors (Lipinski definition) is 3. The van der Waals surface area contributed by atoms with Crippen LogP contribution in [-0.2, 0) is 29.6 Å². The number of carbonyl (C=O) groups excluding carboxylic acids is 1. The Morgan fingerprint density at radius 2 is 2.12 bits per heavy atom. The van der Waals surface area contributed by atoms with Crippen LogP contribution >= 0.6 is 0 Å². The molecule has 5 rings (SSSR count). The van der Waals surface area contributed by atoms with Crippen molar-refractivity contribution in [3.8, 4) is 0 Å². The highest BCUT2D eigenvalue weighted by Gasteiger charge is 2.56. The molecule has 5 nitrogen and oxygen atoms in total. The smallest absolute Gasteiger partial charge is 0.240 e. The second-order valence-electron chi connectivity index (χ2n) is 7.94. The number of nitrogens with zero attached hydrogens (tertiary/aromatic N) is 2. The molecule has 1 aliphatic carbocycles. The van der Waals surface area contributed by atoms with Crippen LogP contribution in [0.4, 0.5) is 5.69 Å². The van der Waals surface area contributed by atoms with Gasteiger partial charge in [-0.15, -0.1) is 0 Å². The zero-order chi connectivity index (χ0) is 17.2. The summed E-state index contributed by atoms with van der Waals surface area (Å²) < 4.78 is 0. The van der Waals surface area contributed by atoms with Gasteiger partial charge >= 0.3 is 0 Å². The molecule has 0 radical (unpaired) electrons. The van der Waals surface area contributed by atoms with Crippen LogP contribution in [0.15, 0.2) is 18.2 Å². The normalized spacial score (nSPS) is 20.3. The van der Waals surface area contributed by atoms with Crippen molar-refractivity contribution in [2.75, 3.05) is 18.0 Å². The van der Waals surface area contributed by atoms with Gasteiger partial charge in [-0.2, -0.15) is 0 Å². The molecule has 1 saturated heterocycles. The number of fused-ring (bicyclic) bond motifs is 3. The van der Waals surface area contributed by atoms with Crippen LogP contribution in [0.3, 0.4) is 0 Å². The Labute approximate surface area is 147 Å². The minimum absolute atomic E-state index is 0.228. The van der Waals surface area contributed by atoms with Crippen LogP contribution in [0.5, 0.6) is 0 Å². The van der Waals surface area contributed by atoms with Gasteiger partial charge in [-0.3, -0.25) is 4.79 Å². The number of rotatable bonds is 3. The van der Waals surface area contributed by atoms with E-state index in [2.05, 4.69) is 42.3 Å². The molecule has 2 N–H and O–H groups in total. The predicted octanol–water partition coefficient (Wildman–Crippen LogP) is 2.41. The molecule has 0 saturated carbocycles. The van der Waals surface area contributed by atoms with Crippen molar-refractivity contribution < 1.29 is 4.79 Å². The summed E-state index contributed by atoms with van der Waals surface area (Å²) in [7, 11) is 0. The lowest BCUT2D eigenvalue weighted by Crippen LogP contribution is -2.62. The van der Waals surface area contributed by atoms with Gasteiger partial charge in [0.25, 0.3) is 0 Å². The highest BCUT2D eigenvalue weighted by molar-refractivity contribution is 6.09. The lowest BCUT2D eigenvalue weighted by atomic mass is 9.73. The summed E-state index contributed by atoms with van der Waals surface area (Å²) in [5, 5.41) is 3.33. The average Bonchev–Trinajstić information content (AvgIpc) is 3.18. The number of imidazole rings is 1. The van der Waals surface area contributed by atoms with Gasteiger partial charge in [0.15, 0.2) is 0 Å². The minimum atomic E-state index is -0.370. The molecule has 0 bridgehead atoms. The number of H-pyrrole nitrogens is 1. The molecule has 3 aliphatic rings. The summed E-state index contributed by atoms with van der Waals surface area (Å²) in [5.74, 6) is 1.56. The van der Waals surface area contributed by atoms with Crippen LogP contribution in [0.25, 0.3) is 0 Å². The monoisotopic (exact) mass is 336 g/mol. The van der Waals surface area contributed by atoms with E-state index in [0.717, 1.165) is 37.4 Å². The van der Waals surface area contributed by atoms with Gasteiger partial charge in [-0.05, 0) is 42.4 Å². The lowest BCUT2D eigenvalue weighted by Gasteiger charge is -2.39. The Hall–Kier alpha value is -2.14. The molecular weight excluding hydrogens is 312 g/mol. The zero-order valence-electron chi connectivity index (χ0n) is 14.9. The fraction of sp³-hybridized carbons (Fsp3) is 0.500. The average molecular weight is 336 g/mol. The third kappa shape index (κ3) is 1.99. The van der Waals surface area contributed by atoms with E-state index in [1.165, 1.54) is 28.9 Å². The van der Waals surface area contributed by atoms with E-state index in [1.54, 1.807) is 0 Å². The van der Waals surface area contributed by atoms with E-state index in [9.17, 15) is 4.79 Å². The Kier molecular flexibility index (Phi) is 3.14. The Morgan fingerprint density at radius 1 is 1.28 bits per heavy atom. The van der Waals surface area contributed by atoms with Gasteiger partial charge in [-0.25, -0.2) is 4.98 Å². The quantitative estimate of drug-likeness (QED) is 0.905. The van der Waals surface area contributed by atoms with Gasteiger partial charge < -0.3 is 15.2 Å². The van der Waals surface area contributed by atoms with Crippen LogP contribution in [0.1, 0.15) is 54.5 Å². The molecule has 3 heterocycles. The maximum absolute atomic E-state index is 13.4. The second kappa shape index (κ2) is 5.18. The molecule has 0 unspecified atom stereocenters. The van der Waals surface area contributed by atoms with E-state index in [-0.39, 0.29) is 11.3 Å². The van der Waals surface area contributed by atoms with Gasteiger partial charge in [0.2, 0.25) is 5.91 Å². The van der Waals surface area contributed by atoms with E-state index < -0.39 is 0 Å². The van der Waals surface area contributed by atoms with Gasteiger partial charge in [0, 0.05) is 24.5 Å². The molecule has 1 fully saturated rings. The first-order valence-corrected chi connectivity index (χ1v) is 9.33. The van der Waals surface area contributed by atoms with E-state index in [0.29, 0.717) is 12.5 Å². The third-order valence-electron chi connectivity index (χ3n) is 6.04. The first-order chi connectivity index (χ1) is 12.1. The molecule has 2 aliphatic heterocycles. The van der Waals surface area contributed by atoms with Gasteiger partial charge in [0.05, 0.1) is 12.2 Å². The fourth-order valence-electron chi connectivity index (χ4n) is 4.70. The van der Waals surface area contributed by atoms with E-state index >= 15 is 0 Å². The lowest BCUT2D eigenvalue weighted by molar-refractivity contribution is -0.125. The minimum Gasteiger partial charge on any atom is -0.344 e. The number of aryl methyl sites for hydroxylation is 2. The number of aromatic nitrogens is 2. The van der Waals surface area contributed by atoms with Crippen LogP contribution in [0.2, 0.25) is 0 Å². The summed E-state index contributed by atoms with van der Waals surface area (Å²) in [6, 6.07) is 6.37. The maximum atomic E-state index is 13.4. The van der Waals surface area contributed by atoms with Crippen molar-refractivity contribution in [2.24, 2.45) is 0 Å². The molecule has 1 aromatic heterocycles. The number of hydrogen-bond donors (Lipinski definition) is 2. The summed E-state index contributed by atoms with van der Waals surface area (Å²) in [4.78, 5) is 23.5. The van der Waals surface area contributed by atoms with E-state index in [1.807, 2.05) is 4.90 Å². The number of benzene rings is 1. The van der Waals surface area contributed by atoms with Crippen LogP contribution < -0.4 is 10.2 Å². The van der Waals surface area contributed by atoms with Crippen LogP contribution in [-0.4, -0.2) is 29.0 Å². The summed E-state index contributed by atoms with van der Waals surface area (Å²) in [6.07, 6.45) is 3.33. The Bertz CT molecular complexity index is 841. The third-order valence-corrected chi connectivity index (χ3v) is 6.04. The van der Waals surface area contributed by atoms with Gasteiger partial charge in [-0.1, -0.05) is 26.0 Å². The van der Waals surface area contributed by atoms with Crippen molar-refractivity contribution in [2.45, 2.75) is 51.0 Å². The largest absolute Gasteiger partial charge is 0.344 e. The molecular formula is C20H24N4O. The molecule has 130 valence electrons. The highest BCUT2D eigenvalue weighted by atomic mass is 16.2. The topological polar surface area (TPSA) is 61.0 Å². The van der Waals surface area contributed by atoms with Crippen LogP contribution in [0, 0.1) is 0 Å². The zero-order valence-corrected chi connectivity index (χ0v) is 14.9. The van der Waals surface area contributed by atoms with Crippen molar-refractivity contribution in [1.29, 1.82) is 0 Å². The first-order valence-electron chi connectivity index (χ1n) is 9.33. The number of nitrogens with one attached hydrogen (secondary N) is 2. The molecule has 2 aromatic rings. The molecule has 5 heteroatoms. The summed E-state index contributed by atoms with van der Waals surface area (Å²) >= 11 is 0. The SMILES string of the molecule is CC(C)c1cccc2c1C1(CNC1)C(=O)N2Cc1nc2c([nH]1)CCC2. The van der Waals surface area contributed by atoms with Crippen molar-refractivity contribution in [1.82, 2.24) is 15.3 Å². The predicted molar refractivity (Wildman–Crippen MR) is 96.9 cm³/mol. The van der Waals surface area contributed by atoms with Crippen molar-refractivity contribution >= 4 is 11.6 Å². The Morgan fingerprint density at radius 3 is 2.80 bits per heavy atom. The number of anilines is 1. The first kappa shape index (κ1) is 15.1. The molecule has 0 atom stereocenters. The highest BCUT2D eigenvalue weighted by Crippen LogP contribution is 2.48. The Balaban J connectivity index is 1.57. The summed E-state index contributed by atoms with van der Waals surface area (Å²) in [5.41, 5.74) is 5.71. The number of carbonyl (C=O) groups is 1. The van der Waals surface area contributed by atoms with E-state index in [4.69, 9.17) is 4.98 Å². The molecule has 25 heavy (non-hydrogen) atoms. The van der Waals surface area contributed by atoms with Crippen molar-refractivity contribution in [3.05, 3.63) is 46.5 Å². The second-order valence-corrected chi connectivity index (χ2v) is 7.94. The maximum Gasteiger partial charge on any atom is 0.240 e. The van der Waals surface area contributed by atoms with Gasteiger partial charge in [0.1, 0.15) is 11.2 Å². The summed E-state index contributed by atoms with van der Waals surface area (Å²) in [6.45, 7) is 6.45. The number of amides is 1.